The number of piperidine rings is 1. The number of carbonyl (C=O) groups excluding carboxylic acids is 1. The lowest BCUT2D eigenvalue weighted by atomic mass is 9.95. The summed E-state index contributed by atoms with van der Waals surface area (Å²) in [5.41, 5.74) is 5.22. The van der Waals surface area contributed by atoms with Crippen LogP contribution in [0.15, 0.2) is 48.5 Å². The van der Waals surface area contributed by atoms with Gasteiger partial charge in [0.25, 0.3) is 0 Å². The van der Waals surface area contributed by atoms with Crippen LogP contribution < -0.4 is 5.32 Å². The van der Waals surface area contributed by atoms with Gasteiger partial charge in [0.1, 0.15) is 0 Å². The minimum atomic E-state index is 0.133. The number of ether oxygens (including phenoxy) is 1. The van der Waals surface area contributed by atoms with E-state index in [0.29, 0.717) is 6.54 Å². The van der Waals surface area contributed by atoms with E-state index in [4.69, 9.17) is 4.74 Å². The molecule has 2 saturated heterocycles. The van der Waals surface area contributed by atoms with Crippen molar-refractivity contribution in [1.29, 1.82) is 0 Å². The van der Waals surface area contributed by atoms with Crippen molar-refractivity contribution in [3.8, 4) is 0 Å². The minimum Gasteiger partial charge on any atom is -0.379 e. The maximum Gasteiger partial charge on any atom is 0.223 e. The highest BCUT2D eigenvalue weighted by molar-refractivity contribution is 5.78. The number of amides is 1. The molecule has 0 unspecified atom stereocenters. The van der Waals surface area contributed by atoms with E-state index in [0.717, 1.165) is 70.9 Å². The molecular weight excluding hydrogens is 386 g/mol. The lowest BCUT2D eigenvalue weighted by molar-refractivity contribution is -0.126. The van der Waals surface area contributed by atoms with E-state index >= 15 is 0 Å². The Morgan fingerprint density at radius 2 is 1.55 bits per heavy atom. The van der Waals surface area contributed by atoms with Crippen LogP contribution in [0, 0.1) is 12.8 Å². The third-order valence-corrected chi connectivity index (χ3v) is 6.61. The second-order valence-electron chi connectivity index (χ2n) is 8.90. The summed E-state index contributed by atoms with van der Waals surface area (Å²) in [6.45, 7) is 10.4. The van der Waals surface area contributed by atoms with Gasteiger partial charge in [0, 0.05) is 38.6 Å². The van der Waals surface area contributed by atoms with Gasteiger partial charge < -0.3 is 10.1 Å². The Kier molecular flexibility index (Phi) is 7.73. The summed E-state index contributed by atoms with van der Waals surface area (Å²) in [6.07, 6.45) is 1.88. The summed E-state index contributed by atoms with van der Waals surface area (Å²) in [4.78, 5) is 17.6. The topological polar surface area (TPSA) is 44.8 Å². The van der Waals surface area contributed by atoms with E-state index < -0.39 is 0 Å². The van der Waals surface area contributed by atoms with Crippen LogP contribution in [0.5, 0.6) is 0 Å². The van der Waals surface area contributed by atoms with Gasteiger partial charge in [-0.25, -0.2) is 0 Å². The van der Waals surface area contributed by atoms with E-state index in [1.54, 1.807) is 0 Å². The average Bonchev–Trinajstić information content (AvgIpc) is 2.81. The van der Waals surface area contributed by atoms with Crippen LogP contribution in [0.2, 0.25) is 0 Å². The largest absolute Gasteiger partial charge is 0.379 e. The first-order valence-electron chi connectivity index (χ1n) is 11.6. The SMILES string of the molecule is Cc1ccccc1CN1CCC(C(=O)NCc2ccc(CN3CCOCC3)cc2)CC1. The summed E-state index contributed by atoms with van der Waals surface area (Å²) in [5.74, 6) is 0.335. The third-order valence-electron chi connectivity index (χ3n) is 6.61. The molecule has 2 fully saturated rings. The van der Waals surface area contributed by atoms with Crippen LogP contribution in [0.4, 0.5) is 0 Å². The number of nitrogens with zero attached hydrogens (tertiary/aromatic N) is 2. The molecule has 0 atom stereocenters. The number of benzene rings is 2. The second-order valence-corrected chi connectivity index (χ2v) is 8.90. The smallest absolute Gasteiger partial charge is 0.223 e. The molecule has 0 aliphatic carbocycles. The van der Waals surface area contributed by atoms with Gasteiger partial charge in [-0.1, -0.05) is 48.5 Å². The van der Waals surface area contributed by atoms with E-state index in [2.05, 4.69) is 70.6 Å². The lowest BCUT2D eigenvalue weighted by Crippen LogP contribution is -2.40. The molecule has 2 aliphatic heterocycles. The van der Waals surface area contributed by atoms with Crippen molar-refractivity contribution in [3.05, 3.63) is 70.8 Å². The Morgan fingerprint density at radius 3 is 2.26 bits per heavy atom. The Bertz CT molecular complexity index is 838. The number of hydrogen-bond acceptors (Lipinski definition) is 4. The first kappa shape index (κ1) is 22.0. The molecule has 0 aromatic heterocycles. The van der Waals surface area contributed by atoms with Crippen molar-refractivity contribution in [1.82, 2.24) is 15.1 Å². The van der Waals surface area contributed by atoms with E-state index in [1.165, 1.54) is 16.7 Å². The summed E-state index contributed by atoms with van der Waals surface area (Å²) in [6, 6.07) is 17.2. The fourth-order valence-electron chi connectivity index (χ4n) is 4.50. The van der Waals surface area contributed by atoms with Crippen LogP contribution >= 0.6 is 0 Å². The molecule has 31 heavy (non-hydrogen) atoms. The van der Waals surface area contributed by atoms with Crippen LogP contribution in [-0.2, 0) is 29.2 Å². The van der Waals surface area contributed by atoms with Crippen LogP contribution in [0.25, 0.3) is 0 Å². The number of likely N-dealkylation sites (tertiary alicyclic amines) is 1. The maximum atomic E-state index is 12.7. The number of rotatable bonds is 7. The highest BCUT2D eigenvalue weighted by atomic mass is 16.5. The normalized spacial score (nSPS) is 18.7. The lowest BCUT2D eigenvalue weighted by Gasteiger charge is -2.31. The van der Waals surface area contributed by atoms with E-state index in [-0.39, 0.29) is 11.8 Å². The third kappa shape index (κ3) is 6.39. The predicted molar refractivity (Wildman–Crippen MR) is 124 cm³/mol. The molecule has 4 rings (SSSR count). The molecule has 0 saturated carbocycles. The van der Waals surface area contributed by atoms with Crippen molar-refractivity contribution in [2.24, 2.45) is 5.92 Å². The zero-order chi connectivity index (χ0) is 21.5. The van der Waals surface area contributed by atoms with Gasteiger partial charge in [-0.15, -0.1) is 0 Å². The molecule has 1 amide bonds. The Balaban J connectivity index is 1.18. The van der Waals surface area contributed by atoms with Gasteiger partial charge in [-0.3, -0.25) is 14.6 Å². The molecule has 2 aromatic rings. The Hall–Kier alpha value is -2.21. The fraction of sp³-hybridized carbons (Fsp3) is 0.500. The molecule has 166 valence electrons. The zero-order valence-corrected chi connectivity index (χ0v) is 18.7. The number of aryl methyl sites for hydroxylation is 1. The molecular formula is C26H35N3O2. The molecule has 5 heteroatoms. The molecule has 2 heterocycles. The first-order valence-corrected chi connectivity index (χ1v) is 11.6. The monoisotopic (exact) mass is 421 g/mol. The van der Waals surface area contributed by atoms with E-state index in [1.807, 2.05) is 0 Å². The predicted octanol–water partition coefficient (Wildman–Crippen LogP) is 3.36. The number of hydrogen-bond donors (Lipinski definition) is 1. The minimum absolute atomic E-state index is 0.133. The second kappa shape index (κ2) is 10.9. The zero-order valence-electron chi connectivity index (χ0n) is 18.7. The summed E-state index contributed by atoms with van der Waals surface area (Å²) in [5, 5.41) is 3.16. The first-order chi connectivity index (χ1) is 15.2. The molecule has 1 N–H and O–H groups in total. The Morgan fingerprint density at radius 1 is 0.903 bits per heavy atom. The van der Waals surface area contributed by atoms with Crippen molar-refractivity contribution in [2.45, 2.75) is 39.4 Å². The van der Waals surface area contributed by atoms with Gasteiger partial charge >= 0.3 is 0 Å². The van der Waals surface area contributed by atoms with Gasteiger partial charge in [0.05, 0.1) is 13.2 Å². The van der Waals surface area contributed by atoms with Crippen molar-refractivity contribution < 1.29 is 9.53 Å². The molecule has 2 aliphatic rings. The standard InChI is InChI=1S/C26H35N3O2/c1-21-4-2-3-5-25(21)20-28-12-10-24(11-13-28)26(30)27-18-22-6-8-23(9-7-22)19-29-14-16-31-17-15-29/h2-9,24H,10-20H2,1H3,(H,27,30). The molecule has 0 radical (unpaired) electrons. The molecule has 5 nitrogen and oxygen atoms in total. The van der Waals surface area contributed by atoms with Crippen LogP contribution in [-0.4, -0.2) is 55.1 Å². The van der Waals surface area contributed by atoms with Gasteiger partial charge in [0.15, 0.2) is 0 Å². The van der Waals surface area contributed by atoms with Crippen molar-refractivity contribution in [2.75, 3.05) is 39.4 Å². The highest BCUT2D eigenvalue weighted by Crippen LogP contribution is 2.20. The maximum absolute atomic E-state index is 12.7. The number of morpholine rings is 1. The van der Waals surface area contributed by atoms with Crippen molar-refractivity contribution in [3.63, 3.8) is 0 Å². The highest BCUT2D eigenvalue weighted by Gasteiger charge is 2.25. The van der Waals surface area contributed by atoms with Gasteiger partial charge in [-0.05, 0) is 55.1 Å². The molecule has 2 aromatic carbocycles. The summed E-state index contributed by atoms with van der Waals surface area (Å²) >= 11 is 0. The Labute approximate surface area is 186 Å². The van der Waals surface area contributed by atoms with Crippen LogP contribution in [0.3, 0.4) is 0 Å². The molecule has 0 bridgehead atoms. The van der Waals surface area contributed by atoms with Crippen LogP contribution in [0.1, 0.15) is 35.1 Å². The van der Waals surface area contributed by atoms with E-state index in [9.17, 15) is 4.79 Å². The summed E-state index contributed by atoms with van der Waals surface area (Å²) < 4.78 is 5.41. The average molecular weight is 422 g/mol. The quantitative estimate of drug-likeness (QED) is 0.745. The van der Waals surface area contributed by atoms with Gasteiger partial charge in [-0.2, -0.15) is 0 Å². The van der Waals surface area contributed by atoms with Gasteiger partial charge in [0.2, 0.25) is 5.91 Å². The number of carbonyl (C=O) groups is 1. The molecule has 0 spiro atoms. The fourth-order valence-corrected chi connectivity index (χ4v) is 4.50. The summed E-state index contributed by atoms with van der Waals surface area (Å²) in [7, 11) is 0. The number of nitrogens with one attached hydrogen (secondary N) is 1. The van der Waals surface area contributed by atoms with Crippen molar-refractivity contribution >= 4 is 5.91 Å².